The van der Waals surface area contributed by atoms with Crippen molar-refractivity contribution in [3.05, 3.63) is 73.9 Å². The maximum Gasteiger partial charge on any atom is 0.417 e. The first-order valence-electron chi connectivity index (χ1n) is 9.17. The van der Waals surface area contributed by atoms with Crippen molar-refractivity contribution in [2.75, 3.05) is 11.9 Å². The second kappa shape index (κ2) is 8.36. The molecular weight excluding hydrogens is 493 g/mol. The fourth-order valence-electron chi connectivity index (χ4n) is 3.40. The van der Waals surface area contributed by atoms with E-state index in [-0.39, 0.29) is 18.1 Å². The van der Waals surface area contributed by atoms with Crippen LogP contribution in [0.2, 0.25) is 0 Å². The molecule has 158 valence electrons. The van der Waals surface area contributed by atoms with Crippen LogP contribution in [-0.4, -0.2) is 12.4 Å². The molecule has 1 atom stereocenters. The summed E-state index contributed by atoms with van der Waals surface area (Å²) in [6.45, 7) is 0.236. The molecule has 1 aliphatic rings. The maximum atomic E-state index is 13.2. The molecule has 1 aromatic heterocycles. The number of nitrogens with one attached hydrogen (secondary N) is 1. The minimum Gasteiger partial charge on any atom is -0.492 e. The zero-order valence-corrected chi connectivity index (χ0v) is 18.2. The number of nitrogens with zero attached hydrogens (tertiary/aromatic N) is 1. The van der Waals surface area contributed by atoms with E-state index in [2.05, 4.69) is 21.2 Å². The molecule has 4 rings (SSSR count). The van der Waals surface area contributed by atoms with Gasteiger partial charge in [-0.3, -0.25) is 4.79 Å². The Kier molecular flexibility index (Phi) is 5.77. The summed E-state index contributed by atoms with van der Waals surface area (Å²) in [6.07, 6.45) is -4.24. The standard InChI is InChI=1S/C22H14BrF3N2O2S/c23-14-2-4-19-16(8-14)21(29)13(11-30-19)7-20-18(5-6-31-20)28-15-3-1-12(10-27)17(9-15)22(24,25)26/h1-6,8-9,13,28H,7,11H2. The molecular formula is C22H14BrF3N2O2S. The van der Waals surface area contributed by atoms with E-state index in [1.54, 1.807) is 30.3 Å². The lowest BCUT2D eigenvalue weighted by atomic mass is 9.91. The normalized spacial score (nSPS) is 15.7. The molecule has 9 heteroatoms. The molecule has 2 heterocycles. The minimum absolute atomic E-state index is 0.0281. The zero-order chi connectivity index (χ0) is 22.2. The lowest BCUT2D eigenvalue weighted by Gasteiger charge is -2.24. The molecule has 3 aromatic rings. The Hall–Kier alpha value is -2.83. The van der Waals surface area contributed by atoms with Gasteiger partial charge in [0.15, 0.2) is 5.78 Å². The van der Waals surface area contributed by atoms with Crippen LogP contribution in [0.3, 0.4) is 0 Å². The molecule has 0 aliphatic carbocycles. The van der Waals surface area contributed by atoms with Crippen LogP contribution in [0, 0.1) is 17.2 Å². The van der Waals surface area contributed by atoms with Crippen molar-refractivity contribution in [1.82, 2.24) is 0 Å². The number of hydrogen-bond donors (Lipinski definition) is 1. The highest BCUT2D eigenvalue weighted by Crippen LogP contribution is 2.37. The highest BCUT2D eigenvalue weighted by atomic mass is 79.9. The molecule has 0 saturated carbocycles. The molecule has 1 N–H and O–H groups in total. The fraction of sp³-hybridized carbons (Fsp3) is 0.182. The molecule has 0 saturated heterocycles. The predicted molar refractivity (Wildman–Crippen MR) is 115 cm³/mol. The van der Waals surface area contributed by atoms with Gasteiger partial charge in [0.1, 0.15) is 5.75 Å². The van der Waals surface area contributed by atoms with Gasteiger partial charge in [0.2, 0.25) is 0 Å². The van der Waals surface area contributed by atoms with Crippen molar-refractivity contribution in [1.29, 1.82) is 5.26 Å². The summed E-state index contributed by atoms with van der Waals surface area (Å²) in [6, 6.07) is 12.1. The van der Waals surface area contributed by atoms with E-state index < -0.39 is 23.2 Å². The number of benzene rings is 2. The summed E-state index contributed by atoms with van der Waals surface area (Å²) >= 11 is 4.77. The van der Waals surface area contributed by atoms with Crippen molar-refractivity contribution in [3.63, 3.8) is 0 Å². The number of nitriles is 1. The Morgan fingerprint density at radius 2 is 2.03 bits per heavy atom. The van der Waals surface area contributed by atoms with E-state index in [4.69, 9.17) is 10.00 Å². The van der Waals surface area contributed by atoms with Crippen molar-refractivity contribution in [2.45, 2.75) is 12.6 Å². The Balaban J connectivity index is 1.56. The smallest absolute Gasteiger partial charge is 0.417 e. The molecule has 2 aromatic carbocycles. The van der Waals surface area contributed by atoms with Gasteiger partial charge in [-0.1, -0.05) is 15.9 Å². The topological polar surface area (TPSA) is 62.1 Å². The highest BCUT2D eigenvalue weighted by molar-refractivity contribution is 9.10. The number of thiophene rings is 1. The largest absolute Gasteiger partial charge is 0.492 e. The summed E-state index contributed by atoms with van der Waals surface area (Å²) in [4.78, 5) is 13.7. The lowest BCUT2D eigenvalue weighted by molar-refractivity contribution is -0.137. The summed E-state index contributed by atoms with van der Waals surface area (Å²) in [5, 5.41) is 13.8. The average Bonchev–Trinajstić information content (AvgIpc) is 3.16. The van der Waals surface area contributed by atoms with Gasteiger partial charge in [-0.25, -0.2) is 0 Å². The quantitative estimate of drug-likeness (QED) is 0.434. The van der Waals surface area contributed by atoms with Gasteiger partial charge >= 0.3 is 6.18 Å². The monoisotopic (exact) mass is 506 g/mol. The van der Waals surface area contributed by atoms with Crippen LogP contribution in [0.25, 0.3) is 0 Å². The zero-order valence-electron chi connectivity index (χ0n) is 15.8. The van der Waals surface area contributed by atoms with E-state index in [1.807, 2.05) is 5.38 Å². The summed E-state index contributed by atoms with van der Waals surface area (Å²) in [7, 11) is 0. The third-order valence-corrected chi connectivity index (χ3v) is 6.36. The van der Waals surface area contributed by atoms with E-state index >= 15 is 0 Å². The summed E-state index contributed by atoms with van der Waals surface area (Å²) in [5.74, 6) is 0.124. The molecule has 0 spiro atoms. The molecule has 0 bridgehead atoms. The molecule has 0 amide bonds. The molecule has 31 heavy (non-hydrogen) atoms. The van der Waals surface area contributed by atoms with Gasteiger partial charge in [0.25, 0.3) is 0 Å². The van der Waals surface area contributed by atoms with E-state index in [0.717, 1.165) is 21.5 Å². The van der Waals surface area contributed by atoms with Crippen molar-refractivity contribution >= 4 is 44.4 Å². The number of halogens is 4. The third kappa shape index (κ3) is 4.45. The van der Waals surface area contributed by atoms with E-state index in [9.17, 15) is 18.0 Å². The van der Waals surface area contributed by atoms with Gasteiger partial charge in [0.05, 0.1) is 41.0 Å². The second-order valence-electron chi connectivity index (χ2n) is 6.97. The van der Waals surface area contributed by atoms with Crippen molar-refractivity contribution in [3.8, 4) is 11.8 Å². The van der Waals surface area contributed by atoms with E-state index in [0.29, 0.717) is 23.4 Å². The second-order valence-corrected chi connectivity index (χ2v) is 8.89. The van der Waals surface area contributed by atoms with E-state index in [1.165, 1.54) is 17.4 Å². The Bertz CT molecular complexity index is 1200. The van der Waals surface area contributed by atoms with Crippen LogP contribution in [0.15, 0.2) is 52.3 Å². The van der Waals surface area contributed by atoms with Crippen LogP contribution in [0.1, 0.15) is 26.4 Å². The number of carbonyl (C=O) groups is 1. The molecule has 0 radical (unpaired) electrons. The van der Waals surface area contributed by atoms with Gasteiger partial charge < -0.3 is 10.1 Å². The molecule has 1 aliphatic heterocycles. The van der Waals surface area contributed by atoms with Gasteiger partial charge in [-0.05, 0) is 54.3 Å². The number of rotatable bonds is 4. The minimum atomic E-state index is -4.63. The SMILES string of the molecule is N#Cc1ccc(Nc2ccsc2CC2COc3ccc(Br)cc3C2=O)cc1C(F)(F)F. The summed E-state index contributed by atoms with van der Waals surface area (Å²) in [5.41, 5.74) is -0.0751. The maximum absolute atomic E-state index is 13.2. The van der Waals surface area contributed by atoms with Gasteiger partial charge in [-0.2, -0.15) is 18.4 Å². The fourth-order valence-corrected chi connectivity index (χ4v) is 4.67. The molecule has 4 nitrogen and oxygen atoms in total. The Morgan fingerprint density at radius 3 is 2.77 bits per heavy atom. The first-order valence-corrected chi connectivity index (χ1v) is 10.8. The number of anilines is 2. The number of alkyl halides is 3. The first-order chi connectivity index (χ1) is 14.8. The predicted octanol–water partition coefficient (Wildman–Crippen LogP) is 6.58. The number of hydrogen-bond acceptors (Lipinski definition) is 5. The van der Waals surface area contributed by atoms with Crippen LogP contribution in [0.5, 0.6) is 5.75 Å². The van der Waals surface area contributed by atoms with Crippen LogP contribution < -0.4 is 10.1 Å². The van der Waals surface area contributed by atoms with Gasteiger partial charge in [0, 0.05) is 15.0 Å². The first kappa shape index (κ1) is 21.4. The van der Waals surface area contributed by atoms with Crippen molar-refractivity contribution in [2.24, 2.45) is 5.92 Å². The number of ether oxygens (including phenoxy) is 1. The Labute approximate surface area is 188 Å². The summed E-state index contributed by atoms with van der Waals surface area (Å²) < 4.78 is 46.2. The number of ketones is 1. The van der Waals surface area contributed by atoms with Gasteiger partial charge in [-0.15, -0.1) is 11.3 Å². The van der Waals surface area contributed by atoms with Crippen LogP contribution >= 0.6 is 27.3 Å². The number of carbonyl (C=O) groups excluding carboxylic acids is 1. The number of Topliss-reactive ketones (excluding diaryl/α,β-unsaturated/α-hetero) is 1. The Morgan fingerprint density at radius 1 is 1.23 bits per heavy atom. The van der Waals surface area contributed by atoms with Crippen molar-refractivity contribution < 1.29 is 22.7 Å². The van der Waals surface area contributed by atoms with Crippen LogP contribution in [-0.2, 0) is 12.6 Å². The third-order valence-electron chi connectivity index (χ3n) is 4.92. The average molecular weight is 507 g/mol. The highest BCUT2D eigenvalue weighted by Gasteiger charge is 2.34. The molecule has 1 unspecified atom stereocenters. The van der Waals surface area contributed by atoms with Crippen LogP contribution in [0.4, 0.5) is 24.5 Å². The lowest BCUT2D eigenvalue weighted by Crippen LogP contribution is -2.29. The number of fused-ring (bicyclic) bond motifs is 1. The molecule has 0 fully saturated rings.